The molecule has 1 aliphatic rings. The van der Waals surface area contributed by atoms with E-state index >= 15 is 0 Å². The van der Waals surface area contributed by atoms with E-state index in [0.29, 0.717) is 5.69 Å². The van der Waals surface area contributed by atoms with Gasteiger partial charge < -0.3 is 10.2 Å². The second-order valence-corrected chi connectivity index (χ2v) is 12.8. The molecule has 2 amide bonds. The van der Waals surface area contributed by atoms with Crippen LogP contribution >= 0.6 is 15.9 Å². The molecule has 9 heteroatoms. The molecule has 1 N–H and O–H groups in total. The Morgan fingerprint density at radius 1 is 0.974 bits per heavy atom. The second-order valence-electron chi connectivity index (χ2n) is 9.98. The molecule has 1 aliphatic carbocycles. The van der Waals surface area contributed by atoms with Crippen LogP contribution in [0, 0.1) is 6.92 Å². The zero-order chi connectivity index (χ0) is 28.0. The lowest BCUT2D eigenvalue weighted by Gasteiger charge is -2.32. The van der Waals surface area contributed by atoms with Crippen molar-refractivity contribution in [3.05, 3.63) is 94.5 Å². The summed E-state index contributed by atoms with van der Waals surface area (Å²) in [7, 11) is -4.06. The molecule has 0 bridgehead atoms. The maximum atomic E-state index is 14.0. The number of nitrogens with zero attached hydrogens (tertiary/aromatic N) is 2. The number of hydrogen-bond donors (Lipinski definition) is 1. The van der Waals surface area contributed by atoms with E-state index in [1.54, 1.807) is 37.3 Å². The molecule has 3 aromatic rings. The van der Waals surface area contributed by atoms with E-state index in [2.05, 4.69) is 21.2 Å². The van der Waals surface area contributed by atoms with Crippen molar-refractivity contribution in [2.45, 2.75) is 63.1 Å². The average Bonchev–Trinajstić information content (AvgIpc) is 3.44. The Morgan fingerprint density at radius 2 is 1.64 bits per heavy atom. The van der Waals surface area contributed by atoms with Crippen LogP contribution in [0.5, 0.6) is 0 Å². The van der Waals surface area contributed by atoms with Gasteiger partial charge in [-0.05, 0) is 68.7 Å². The fourth-order valence-corrected chi connectivity index (χ4v) is 6.65. The van der Waals surface area contributed by atoms with Crippen LogP contribution in [0.25, 0.3) is 0 Å². The van der Waals surface area contributed by atoms with E-state index in [4.69, 9.17) is 0 Å². The van der Waals surface area contributed by atoms with E-state index < -0.39 is 28.5 Å². The number of benzene rings is 3. The molecule has 3 aromatic carbocycles. The Hall–Kier alpha value is -3.17. The predicted octanol–water partition coefficient (Wildman–Crippen LogP) is 5.43. The molecule has 0 radical (unpaired) electrons. The number of sulfonamides is 1. The van der Waals surface area contributed by atoms with Crippen LogP contribution in [-0.4, -0.2) is 43.8 Å². The van der Waals surface area contributed by atoms with Crippen molar-refractivity contribution in [3.8, 4) is 0 Å². The lowest BCUT2D eigenvalue weighted by atomic mass is 10.1. The second kappa shape index (κ2) is 12.8. The summed E-state index contributed by atoms with van der Waals surface area (Å²) in [5.41, 5.74) is 2.17. The van der Waals surface area contributed by atoms with Crippen LogP contribution in [0.15, 0.2) is 88.2 Å². The van der Waals surface area contributed by atoms with E-state index in [1.807, 2.05) is 43.3 Å². The Balaban J connectivity index is 1.67. The fraction of sp³-hybridized carbons (Fsp3) is 0.333. The number of amides is 2. The van der Waals surface area contributed by atoms with Crippen molar-refractivity contribution < 1.29 is 18.0 Å². The molecule has 0 aliphatic heterocycles. The van der Waals surface area contributed by atoms with Crippen molar-refractivity contribution in [1.29, 1.82) is 0 Å². The lowest BCUT2D eigenvalue weighted by Crippen LogP contribution is -2.52. The lowest BCUT2D eigenvalue weighted by molar-refractivity contribution is -0.139. The predicted molar refractivity (Wildman–Crippen MR) is 157 cm³/mol. The molecule has 0 heterocycles. The van der Waals surface area contributed by atoms with Gasteiger partial charge in [0.15, 0.2) is 0 Å². The van der Waals surface area contributed by atoms with E-state index in [0.717, 1.165) is 45.6 Å². The van der Waals surface area contributed by atoms with Gasteiger partial charge in [-0.2, -0.15) is 0 Å². The van der Waals surface area contributed by atoms with Gasteiger partial charge in [0.05, 0.1) is 10.6 Å². The van der Waals surface area contributed by atoms with Gasteiger partial charge >= 0.3 is 0 Å². The highest BCUT2D eigenvalue weighted by atomic mass is 79.9. The number of rotatable bonds is 10. The van der Waals surface area contributed by atoms with Gasteiger partial charge in [0.25, 0.3) is 10.0 Å². The van der Waals surface area contributed by atoms with E-state index in [9.17, 15) is 18.0 Å². The van der Waals surface area contributed by atoms with Crippen LogP contribution in [0.1, 0.15) is 43.7 Å². The van der Waals surface area contributed by atoms with Gasteiger partial charge in [-0.1, -0.05) is 76.8 Å². The largest absolute Gasteiger partial charge is 0.352 e. The summed E-state index contributed by atoms with van der Waals surface area (Å²) in [5, 5.41) is 3.08. The molecular formula is C30H34BrN3O4S. The molecule has 1 fully saturated rings. The molecule has 1 saturated carbocycles. The molecule has 1 atom stereocenters. The molecule has 0 saturated heterocycles. The summed E-state index contributed by atoms with van der Waals surface area (Å²) in [5.74, 6) is -0.706. The molecule has 0 spiro atoms. The first-order valence-corrected chi connectivity index (χ1v) is 15.4. The highest BCUT2D eigenvalue weighted by molar-refractivity contribution is 9.10. The fourth-order valence-electron chi connectivity index (χ4n) is 4.77. The van der Waals surface area contributed by atoms with Crippen LogP contribution in [0.3, 0.4) is 0 Å². The number of anilines is 1. The van der Waals surface area contributed by atoms with Crippen LogP contribution in [0.4, 0.5) is 5.69 Å². The standard InChI is InChI=1S/C30H34BrN3O4S/c1-22-15-17-27(18-16-22)34(39(37,38)28-13-4-3-5-14-28)21-29(35)33(20-24-9-8-10-25(31)19-24)23(2)30(36)32-26-11-6-7-12-26/h3-5,8-10,13-19,23,26H,6-7,11-12,20-21H2,1-2H3,(H,32,36)/t23-/m0/s1. The summed E-state index contributed by atoms with van der Waals surface area (Å²) in [4.78, 5) is 28.8. The van der Waals surface area contributed by atoms with Crippen molar-refractivity contribution in [2.24, 2.45) is 0 Å². The first-order chi connectivity index (χ1) is 18.6. The quantitative estimate of drug-likeness (QED) is 0.331. The highest BCUT2D eigenvalue weighted by Gasteiger charge is 2.33. The van der Waals surface area contributed by atoms with Crippen molar-refractivity contribution >= 4 is 43.5 Å². The first-order valence-electron chi connectivity index (χ1n) is 13.1. The number of carbonyl (C=O) groups excluding carboxylic acids is 2. The first kappa shape index (κ1) is 28.8. The van der Waals surface area contributed by atoms with Crippen LogP contribution in [0.2, 0.25) is 0 Å². The molecule has 0 unspecified atom stereocenters. The third-order valence-corrected chi connectivity index (χ3v) is 9.32. The molecule has 7 nitrogen and oxygen atoms in total. The number of nitrogens with one attached hydrogen (secondary N) is 1. The molecule has 0 aromatic heterocycles. The topological polar surface area (TPSA) is 86.8 Å². The van der Waals surface area contributed by atoms with Crippen LogP contribution in [-0.2, 0) is 26.2 Å². The van der Waals surface area contributed by atoms with Gasteiger partial charge in [0.2, 0.25) is 11.8 Å². The zero-order valence-corrected chi connectivity index (χ0v) is 24.6. The third-order valence-electron chi connectivity index (χ3n) is 7.04. The number of hydrogen-bond acceptors (Lipinski definition) is 4. The van der Waals surface area contributed by atoms with Crippen LogP contribution < -0.4 is 9.62 Å². The van der Waals surface area contributed by atoms with Gasteiger partial charge in [-0.15, -0.1) is 0 Å². The summed E-state index contributed by atoms with van der Waals surface area (Å²) in [6.07, 6.45) is 3.99. The van der Waals surface area contributed by atoms with Crippen molar-refractivity contribution in [2.75, 3.05) is 10.8 Å². The normalized spacial score (nSPS) is 14.5. The minimum absolute atomic E-state index is 0.0870. The monoisotopic (exact) mass is 611 g/mol. The summed E-state index contributed by atoms with van der Waals surface area (Å²) < 4.78 is 29.5. The summed E-state index contributed by atoms with van der Waals surface area (Å²) in [6, 6.07) is 21.9. The van der Waals surface area contributed by atoms with E-state index in [1.165, 1.54) is 17.0 Å². The highest BCUT2D eigenvalue weighted by Crippen LogP contribution is 2.25. The molecule has 206 valence electrons. The number of carbonyl (C=O) groups is 2. The average molecular weight is 613 g/mol. The molecular weight excluding hydrogens is 578 g/mol. The third kappa shape index (κ3) is 7.28. The number of aryl methyl sites for hydroxylation is 1. The van der Waals surface area contributed by atoms with Gasteiger partial charge in [0.1, 0.15) is 12.6 Å². The Kier molecular flexibility index (Phi) is 9.45. The SMILES string of the molecule is Cc1ccc(N(CC(=O)N(Cc2cccc(Br)c2)[C@@H](C)C(=O)NC2CCCC2)S(=O)(=O)c2ccccc2)cc1. The van der Waals surface area contributed by atoms with Crippen molar-refractivity contribution in [1.82, 2.24) is 10.2 Å². The zero-order valence-electron chi connectivity index (χ0n) is 22.2. The van der Waals surface area contributed by atoms with Gasteiger partial charge in [0, 0.05) is 17.1 Å². The molecule has 39 heavy (non-hydrogen) atoms. The Morgan fingerprint density at radius 3 is 2.28 bits per heavy atom. The molecule has 4 rings (SSSR count). The van der Waals surface area contributed by atoms with Gasteiger partial charge in [-0.3, -0.25) is 13.9 Å². The minimum Gasteiger partial charge on any atom is -0.352 e. The number of halogens is 1. The maximum absolute atomic E-state index is 14.0. The maximum Gasteiger partial charge on any atom is 0.264 e. The smallest absolute Gasteiger partial charge is 0.264 e. The summed E-state index contributed by atoms with van der Waals surface area (Å²) in [6.45, 7) is 3.32. The van der Waals surface area contributed by atoms with Gasteiger partial charge in [-0.25, -0.2) is 8.42 Å². The van der Waals surface area contributed by atoms with E-state index in [-0.39, 0.29) is 23.4 Å². The Bertz CT molecular complexity index is 1390. The Labute approximate surface area is 239 Å². The van der Waals surface area contributed by atoms with Crippen molar-refractivity contribution in [3.63, 3.8) is 0 Å². The summed E-state index contributed by atoms with van der Waals surface area (Å²) >= 11 is 3.47. The minimum atomic E-state index is -4.06.